The van der Waals surface area contributed by atoms with Crippen LogP contribution in [-0.2, 0) is 11.8 Å². The van der Waals surface area contributed by atoms with Gasteiger partial charge >= 0.3 is 0 Å². The number of ether oxygens (including phenoxy) is 1. The molecule has 1 unspecified atom stereocenters. The van der Waals surface area contributed by atoms with Crippen molar-refractivity contribution in [3.63, 3.8) is 0 Å². The van der Waals surface area contributed by atoms with Crippen molar-refractivity contribution in [1.29, 1.82) is 0 Å². The normalized spacial score (nSPS) is 15.7. The van der Waals surface area contributed by atoms with E-state index in [0.29, 0.717) is 12.0 Å². The van der Waals surface area contributed by atoms with Crippen LogP contribution in [0.5, 0.6) is 0 Å². The average molecular weight is 391 g/mol. The fourth-order valence-electron chi connectivity index (χ4n) is 4.11. The van der Waals surface area contributed by atoms with Crippen molar-refractivity contribution < 1.29 is 4.74 Å². The number of methoxy groups -OCH3 is 1. The van der Waals surface area contributed by atoms with Crippen LogP contribution in [0.1, 0.15) is 31.7 Å². The molecule has 4 aromatic rings. The van der Waals surface area contributed by atoms with E-state index in [0.717, 1.165) is 41.3 Å². The molecule has 1 aliphatic rings. The van der Waals surface area contributed by atoms with Crippen molar-refractivity contribution in [2.45, 2.75) is 31.7 Å². The Hall–Kier alpha value is -3.00. The summed E-state index contributed by atoms with van der Waals surface area (Å²) >= 11 is 0. The maximum Gasteiger partial charge on any atom is 0.149 e. The highest BCUT2D eigenvalue weighted by Gasteiger charge is 2.29. The number of hydrogen-bond acceptors (Lipinski definition) is 5. The molecule has 0 aliphatic heterocycles. The highest BCUT2D eigenvalue weighted by Crippen LogP contribution is 2.38. The van der Waals surface area contributed by atoms with Gasteiger partial charge in [0.25, 0.3) is 0 Å². The summed E-state index contributed by atoms with van der Waals surface area (Å²) < 4.78 is 11.2. The van der Waals surface area contributed by atoms with Crippen LogP contribution in [-0.4, -0.2) is 47.6 Å². The third-order valence-corrected chi connectivity index (χ3v) is 5.90. The Bertz CT molecular complexity index is 1120. The Labute approximate surface area is 169 Å². The van der Waals surface area contributed by atoms with E-state index in [1.54, 1.807) is 18.0 Å². The van der Waals surface area contributed by atoms with Crippen LogP contribution < -0.4 is 0 Å². The second-order valence-corrected chi connectivity index (χ2v) is 7.77. The number of imidazole rings is 1. The predicted octanol–water partition coefficient (Wildman–Crippen LogP) is 3.37. The maximum atomic E-state index is 5.34. The molecule has 0 radical (unpaired) electrons. The summed E-state index contributed by atoms with van der Waals surface area (Å²) in [5.74, 6) is 1.52. The van der Waals surface area contributed by atoms with Crippen molar-refractivity contribution in [3.05, 3.63) is 43.2 Å². The molecular weight excluding hydrogens is 366 g/mol. The second-order valence-electron chi connectivity index (χ2n) is 7.77. The third kappa shape index (κ3) is 3.33. The van der Waals surface area contributed by atoms with Crippen LogP contribution in [0, 0.1) is 5.92 Å². The molecule has 8 heteroatoms. The quantitative estimate of drug-likeness (QED) is 0.483. The van der Waals surface area contributed by atoms with E-state index in [2.05, 4.69) is 21.0 Å². The van der Waals surface area contributed by atoms with Gasteiger partial charge in [-0.25, -0.2) is 9.97 Å². The van der Waals surface area contributed by atoms with Gasteiger partial charge in [0.15, 0.2) is 0 Å². The molecule has 0 bridgehead atoms. The predicted molar refractivity (Wildman–Crippen MR) is 109 cm³/mol. The van der Waals surface area contributed by atoms with Gasteiger partial charge in [0, 0.05) is 57.2 Å². The molecule has 1 fully saturated rings. The molecule has 0 amide bonds. The lowest BCUT2D eigenvalue weighted by atomic mass is 9.78. The molecule has 5 rings (SSSR count). The summed E-state index contributed by atoms with van der Waals surface area (Å²) in [5.41, 5.74) is 3.67. The van der Waals surface area contributed by atoms with E-state index < -0.39 is 0 Å². The molecule has 150 valence electrons. The molecule has 4 heterocycles. The fraction of sp³-hybridized carbons (Fsp3) is 0.429. The summed E-state index contributed by atoms with van der Waals surface area (Å²) in [6, 6.07) is 2.36. The lowest BCUT2D eigenvalue weighted by molar-refractivity contribution is 0.128. The molecule has 4 aromatic heterocycles. The van der Waals surface area contributed by atoms with Gasteiger partial charge < -0.3 is 4.74 Å². The van der Waals surface area contributed by atoms with Gasteiger partial charge in [0.1, 0.15) is 11.5 Å². The minimum atomic E-state index is 0.372. The molecule has 1 aliphatic carbocycles. The first-order valence-electron chi connectivity index (χ1n) is 10.1. The summed E-state index contributed by atoms with van der Waals surface area (Å²) in [5, 5.41) is 8.99. The standard InChI is InChI=1S/C21H25N7O/c1-26-13-16(11-23-26)18-10-20-22-7-8-27(20)21(25-18)17-12-24-28(14-17)19(6-9-29-2)15-4-3-5-15/h7-8,10-15,19H,3-6,9H2,1-2H3. The number of hydrogen-bond donors (Lipinski definition) is 0. The van der Waals surface area contributed by atoms with Gasteiger partial charge in [-0.2, -0.15) is 10.2 Å². The number of nitrogens with zero attached hydrogens (tertiary/aromatic N) is 7. The van der Waals surface area contributed by atoms with Crippen LogP contribution in [0.15, 0.2) is 43.2 Å². The van der Waals surface area contributed by atoms with E-state index >= 15 is 0 Å². The smallest absolute Gasteiger partial charge is 0.149 e. The molecule has 1 atom stereocenters. The maximum absolute atomic E-state index is 5.34. The highest BCUT2D eigenvalue weighted by atomic mass is 16.5. The monoisotopic (exact) mass is 391 g/mol. The van der Waals surface area contributed by atoms with Gasteiger partial charge in [-0.1, -0.05) is 6.42 Å². The zero-order valence-corrected chi connectivity index (χ0v) is 16.8. The van der Waals surface area contributed by atoms with Crippen LogP contribution in [0.2, 0.25) is 0 Å². The topological polar surface area (TPSA) is 75.1 Å². The van der Waals surface area contributed by atoms with Crippen LogP contribution >= 0.6 is 0 Å². The van der Waals surface area contributed by atoms with E-state index in [-0.39, 0.29) is 0 Å². The number of fused-ring (bicyclic) bond motifs is 1. The first kappa shape index (κ1) is 18.1. The molecule has 29 heavy (non-hydrogen) atoms. The highest BCUT2D eigenvalue weighted by molar-refractivity contribution is 5.68. The van der Waals surface area contributed by atoms with Gasteiger partial charge in [-0.05, 0) is 25.2 Å². The van der Waals surface area contributed by atoms with E-state index in [9.17, 15) is 0 Å². The minimum Gasteiger partial charge on any atom is -0.385 e. The van der Waals surface area contributed by atoms with Gasteiger partial charge in [-0.15, -0.1) is 0 Å². The van der Waals surface area contributed by atoms with E-state index in [1.165, 1.54) is 19.3 Å². The summed E-state index contributed by atoms with van der Waals surface area (Å²) in [6.45, 7) is 0.747. The number of aromatic nitrogens is 7. The van der Waals surface area contributed by atoms with Crippen molar-refractivity contribution >= 4 is 5.65 Å². The SMILES string of the molecule is COCCC(C1CCC1)n1cc(-c2nc(-c3cnn(C)c3)cc3nccn23)cn1. The Balaban J connectivity index is 1.54. The van der Waals surface area contributed by atoms with Crippen molar-refractivity contribution in [2.24, 2.45) is 13.0 Å². The summed E-state index contributed by atoms with van der Waals surface area (Å²) in [7, 11) is 3.67. The molecular formula is C21H25N7O. The first-order valence-corrected chi connectivity index (χ1v) is 10.1. The molecule has 0 saturated heterocycles. The Morgan fingerprint density at radius 1 is 1.17 bits per heavy atom. The Morgan fingerprint density at radius 3 is 2.76 bits per heavy atom. The van der Waals surface area contributed by atoms with Gasteiger partial charge in [-0.3, -0.25) is 13.8 Å². The van der Waals surface area contributed by atoms with Crippen molar-refractivity contribution in [1.82, 2.24) is 33.9 Å². The van der Waals surface area contributed by atoms with Crippen molar-refractivity contribution in [3.8, 4) is 22.6 Å². The summed E-state index contributed by atoms with van der Waals surface area (Å²) in [6.07, 6.45) is 16.4. The minimum absolute atomic E-state index is 0.372. The number of rotatable bonds is 7. The van der Waals surface area contributed by atoms with Gasteiger partial charge in [0.05, 0.1) is 29.7 Å². The Morgan fingerprint density at radius 2 is 2.03 bits per heavy atom. The Kier molecular flexibility index (Phi) is 4.63. The molecule has 0 N–H and O–H groups in total. The molecule has 0 spiro atoms. The van der Waals surface area contributed by atoms with Crippen LogP contribution in [0.3, 0.4) is 0 Å². The lowest BCUT2D eigenvalue weighted by Gasteiger charge is -2.33. The zero-order chi connectivity index (χ0) is 19.8. The third-order valence-electron chi connectivity index (χ3n) is 5.90. The molecule has 8 nitrogen and oxygen atoms in total. The van der Waals surface area contributed by atoms with Crippen molar-refractivity contribution in [2.75, 3.05) is 13.7 Å². The fourth-order valence-corrected chi connectivity index (χ4v) is 4.11. The molecule has 1 saturated carbocycles. The first-order chi connectivity index (χ1) is 14.2. The zero-order valence-electron chi connectivity index (χ0n) is 16.8. The molecule has 0 aromatic carbocycles. The van der Waals surface area contributed by atoms with E-state index in [4.69, 9.17) is 14.8 Å². The van der Waals surface area contributed by atoms with Crippen LogP contribution in [0.4, 0.5) is 0 Å². The van der Waals surface area contributed by atoms with E-state index in [1.807, 2.05) is 42.3 Å². The average Bonchev–Trinajstić information content (AvgIpc) is 3.42. The van der Waals surface area contributed by atoms with Gasteiger partial charge in [0.2, 0.25) is 0 Å². The lowest BCUT2D eigenvalue weighted by Crippen LogP contribution is -2.26. The van der Waals surface area contributed by atoms with Crippen LogP contribution in [0.25, 0.3) is 28.3 Å². The summed E-state index contributed by atoms with van der Waals surface area (Å²) in [4.78, 5) is 9.42. The number of aryl methyl sites for hydroxylation is 1. The second kappa shape index (κ2) is 7.44. The largest absolute Gasteiger partial charge is 0.385 e.